The smallest absolute Gasteiger partial charge is 0.314 e. The van der Waals surface area contributed by atoms with Gasteiger partial charge >= 0.3 is 6.03 Å². The molecule has 0 aliphatic heterocycles. The minimum atomic E-state index is -3.69. The highest BCUT2D eigenvalue weighted by Crippen LogP contribution is 2.10. The number of sulfonamides is 1. The molecular weight excluding hydrogens is 462 g/mol. The molecule has 0 fully saturated rings. The van der Waals surface area contributed by atoms with Crippen LogP contribution in [0.4, 0.5) is 4.79 Å². The van der Waals surface area contributed by atoms with E-state index < -0.39 is 40.0 Å². The summed E-state index contributed by atoms with van der Waals surface area (Å²) in [6.45, 7) is 4.88. The number of nitrogen functional groups attached to an aromatic ring is 1. The zero-order chi connectivity index (χ0) is 26.1. The van der Waals surface area contributed by atoms with Gasteiger partial charge in [0.1, 0.15) is 17.9 Å². The fraction of sp³-hybridized carbons (Fsp3) is 0.524. The van der Waals surface area contributed by atoms with E-state index in [1.807, 2.05) is 6.92 Å². The molecule has 34 heavy (non-hydrogen) atoms. The van der Waals surface area contributed by atoms with Gasteiger partial charge in [-0.15, -0.1) is 0 Å². The van der Waals surface area contributed by atoms with E-state index in [-0.39, 0.29) is 30.6 Å². The van der Waals surface area contributed by atoms with E-state index in [0.29, 0.717) is 12.0 Å². The average molecular weight is 498 g/mol. The van der Waals surface area contributed by atoms with Crippen LogP contribution in [0.1, 0.15) is 38.3 Å². The molecule has 0 bridgehead atoms. The van der Waals surface area contributed by atoms with Crippen LogP contribution < -0.4 is 26.8 Å². The third-order valence-corrected chi connectivity index (χ3v) is 6.75. The van der Waals surface area contributed by atoms with E-state index in [1.54, 1.807) is 31.2 Å². The van der Waals surface area contributed by atoms with E-state index >= 15 is 0 Å². The molecule has 1 aromatic rings. The Balaban J connectivity index is 3.02. The van der Waals surface area contributed by atoms with Crippen LogP contribution in [0.25, 0.3) is 0 Å². The molecule has 8 N–H and O–H groups in total. The lowest BCUT2D eigenvalue weighted by molar-refractivity contribution is -0.130. The molecule has 190 valence electrons. The van der Waals surface area contributed by atoms with Crippen molar-refractivity contribution in [1.82, 2.24) is 20.3 Å². The van der Waals surface area contributed by atoms with Crippen molar-refractivity contribution in [3.8, 4) is 0 Å². The van der Waals surface area contributed by atoms with Gasteiger partial charge in [-0.2, -0.15) is 0 Å². The minimum absolute atomic E-state index is 0.0811. The summed E-state index contributed by atoms with van der Waals surface area (Å²) in [6.07, 6.45) is 0.513. The Hall–Kier alpha value is -3.19. The molecule has 0 saturated carbocycles. The lowest BCUT2D eigenvalue weighted by Crippen LogP contribution is -2.58. The molecule has 1 rings (SSSR count). The van der Waals surface area contributed by atoms with Gasteiger partial charge in [0.05, 0.1) is 12.3 Å². The average Bonchev–Trinajstić information content (AvgIpc) is 2.79. The standard InChI is InChI=1S/C21H35N7O5S/c1-5-13(3)17(27-34(32,33)6-2)20(30)26-16(12-28(4)21(24)31)19(29)25-11-14-7-9-15(10-8-14)18(22)23/h7-10,13,16-17,27H,5-6,11-12H2,1-4H3,(H3,22,23)(H2,24,31)(H,25,29)(H,26,30)/t13?,16-,17+/m0/s1. The van der Waals surface area contributed by atoms with Gasteiger partial charge < -0.3 is 27.0 Å². The van der Waals surface area contributed by atoms with E-state index in [4.69, 9.17) is 16.9 Å². The zero-order valence-electron chi connectivity index (χ0n) is 19.9. The number of likely N-dealkylation sites (N-methyl/N-ethyl adjacent to an activating group) is 1. The summed E-state index contributed by atoms with van der Waals surface area (Å²) in [5.41, 5.74) is 12.0. The fourth-order valence-corrected chi connectivity index (χ4v) is 3.77. The Kier molecular flexibility index (Phi) is 10.9. The maximum absolute atomic E-state index is 13.0. The molecule has 0 spiro atoms. The van der Waals surface area contributed by atoms with Crippen LogP contribution in [0.5, 0.6) is 0 Å². The normalized spacial score (nSPS) is 13.9. The minimum Gasteiger partial charge on any atom is -0.384 e. The van der Waals surface area contributed by atoms with Gasteiger partial charge in [0.25, 0.3) is 0 Å². The van der Waals surface area contributed by atoms with Crippen LogP contribution in [-0.4, -0.2) is 68.4 Å². The zero-order valence-corrected chi connectivity index (χ0v) is 20.7. The lowest BCUT2D eigenvalue weighted by atomic mass is 9.99. The van der Waals surface area contributed by atoms with Gasteiger partial charge in [0.15, 0.2) is 0 Å². The Bertz CT molecular complexity index is 982. The largest absolute Gasteiger partial charge is 0.384 e. The summed E-state index contributed by atoms with van der Waals surface area (Å²) in [7, 11) is -2.31. The predicted octanol–water partition coefficient (Wildman–Crippen LogP) is -0.564. The topological polar surface area (TPSA) is 201 Å². The Morgan fingerprint density at radius 2 is 1.68 bits per heavy atom. The van der Waals surface area contributed by atoms with Crippen LogP contribution in [0, 0.1) is 11.3 Å². The number of amidine groups is 1. The number of nitrogens with one attached hydrogen (secondary N) is 4. The van der Waals surface area contributed by atoms with Crippen molar-refractivity contribution in [2.24, 2.45) is 17.4 Å². The molecule has 3 atom stereocenters. The number of urea groups is 1. The predicted molar refractivity (Wildman–Crippen MR) is 129 cm³/mol. The lowest BCUT2D eigenvalue weighted by Gasteiger charge is -2.28. The molecule has 12 nitrogen and oxygen atoms in total. The first-order valence-corrected chi connectivity index (χ1v) is 12.5. The number of hydrogen-bond donors (Lipinski definition) is 6. The number of carbonyl (C=O) groups excluding carboxylic acids is 3. The van der Waals surface area contributed by atoms with Crippen molar-refractivity contribution in [3.05, 3.63) is 35.4 Å². The van der Waals surface area contributed by atoms with Crippen molar-refractivity contribution in [1.29, 1.82) is 5.41 Å². The molecule has 0 aliphatic rings. The highest BCUT2D eigenvalue weighted by Gasteiger charge is 2.32. The van der Waals surface area contributed by atoms with Crippen LogP contribution in [0.3, 0.4) is 0 Å². The second kappa shape index (κ2) is 12.9. The Morgan fingerprint density at radius 1 is 1.09 bits per heavy atom. The summed E-state index contributed by atoms with van der Waals surface area (Å²) >= 11 is 0. The van der Waals surface area contributed by atoms with Crippen LogP contribution in [0.15, 0.2) is 24.3 Å². The second-order valence-electron chi connectivity index (χ2n) is 7.99. The number of carbonyl (C=O) groups is 3. The van der Waals surface area contributed by atoms with Crippen LogP contribution in [-0.2, 0) is 26.2 Å². The number of rotatable bonds is 13. The first-order chi connectivity index (χ1) is 15.8. The number of amides is 4. The summed E-state index contributed by atoms with van der Waals surface area (Å²) in [4.78, 5) is 38.5. The molecule has 0 saturated heterocycles. The van der Waals surface area contributed by atoms with Crippen molar-refractivity contribution in [2.45, 2.75) is 45.8 Å². The quantitative estimate of drug-likeness (QED) is 0.156. The third-order valence-electron chi connectivity index (χ3n) is 5.38. The number of primary amides is 1. The molecular formula is C21H35N7O5S. The van der Waals surface area contributed by atoms with Gasteiger partial charge in [-0.25, -0.2) is 17.9 Å². The number of nitrogens with two attached hydrogens (primary N) is 2. The van der Waals surface area contributed by atoms with Crippen molar-refractivity contribution >= 4 is 33.7 Å². The fourth-order valence-electron chi connectivity index (χ4n) is 2.87. The molecule has 0 aliphatic carbocycles. The monoisotopic (exact) mass is 497 g/mol. The van der Waals surface area contributed by atoms with Crippen molar-refractivity contribution in [3.63, 3.8) is 0 Å². The van der Waals surface area contributed by atoms with E-state index in [0.717, 1.165) is 10.5 Å². The van der Waals surface area contributed by atoms with Gasteiger partial charge in [-0.1, -0.05) is 44.5 Å². The van der Waals surface area contributed by atoms with Gasteiger partial charge in [-0.05, 0) is 18.4 Å². The van der Waals surface area contributed by atoms with Crippen LogP contribution in [0.2, 0.25) is 0 Å². The molecule has 0 heterocycles. The summed E-state index contributed by atoms with van der Waals surface area (Å²) in [5, 5.41) is 12.7. The maximum Gasteiger partial charge on any atom is 0.314 e. The molecule has 4 amide bonds. The highest BCUT2D eigenvalue weighted by molar-refractivity contribution is 7.89. The van der Waals surface area contributed by atoms with Gasteiger partial charge in [0, 0.05) is 19.2 Å². The molecule has 1 unspecified atom stereocenters. The first-order valence-electron chi connectivity index (χ1n) is 10.8. The van der Waals surface area contributed by atoms with E-state index in [2.05, 4.69) is 15.4 Å². The van der Waals surface area contributed by atoms with E-state index in [9.17, 15) is 22.8 Å². The summed E-state index contributed by atoms with van der Waals surface area (Å²) < 4.78 is 26.6. The van der Waals surface area contributed by atoms with Crippen molar-refractivity contribution in [2.75, 3.05) is 19.3 Å². The maximum atomic E-state index is 13.0. The molecule has 0 radical (unpaired) electrons. The summed E-state index contributed by atoms with van der Waals surface area (Å²) in [6, 6.07) is 3.60. The SMILES string of the molecule is CCC(C)[C@@H](NS(=O)(=O)CC)C(=O)N[C@@H](CN(C)C(N)=O)C(=O)NCc1ccc(C(=N)N)cc1. The molecule has 1 aromatic carbocycles. The third kappa shape index (κ3) is 8.98. The Morgan fingerprint density at radius 3 is 2.15 bits per heavy atom. The highest BCUT2D eigenvalue weighted by atomic mass is 32.2. The van der Waals surface area contributed by atoms with Crippen LogP contribution >= 0.6 is 0 Å². The number of nitrogens with zero attached hydrogens (tertiary/aromatic N) is 1. The van der Waals surface area contributed by atoms with E-state index in [1.165, 1.54) is 14.0 Å². The first kappa shape index (κ1) is 28.8. The molecule has 0 aromatic heterocycles. The van der Waals surface area contributed by atoms with Gasteiger partial charge in [0.2, 0.25) is 21.8 Å². The Labute approximate surface area is 200 Å². The summed E-state index contributed by atoms with van der Waals surface area (Å²) in [5.74, 6) is -1.90. The van der Waals surface area contributed by atoms with Gasteiger partial charge in [-0.3, -0.25) is 15.0 Å². The number of benzene rings is 1. The second-order valence-corrected chi connectivity index (χ2v) is 10.0. The van der Waals surface area contributed by atoms with Crippen molar-refractivity contribution < 1.29 is 22.8 Å². The number of hydrogen-bond acceptors (Lipinski definition) is 6. The molecule has 13 heteroatoms.